The molecular formula is C15H13N3O3S. The van der Waals surface area contributed by atoms with E-state index in [2.05, 4.69) is 16.0 Å². The maximum atomic E-state index is 12.1. The number of urea groups is 1. The van der Waals surface area contributed by atoms with Crippen molar-refractivity contribution in [3.8, 4) is 0 Å². The Morgan fingerprint density at radius 2 is 2.05 bits per heavy atom. The van der Waals surface area contributed by atoms with Crippen LogP contribution >= 0.6 is 11.3 Å². The largest absolute Gasteiger partial charge is 0.322 e. The van der Waals surface area contributed by atoms with Crippen LogP contribution in [0.15, 0.2) is 41.8 Å². The van der Waals surface area contributed by atoms with Gasteiger partial charge in [0, 0.05) is 5.69 Å². The van der Waals surface area contributed by atoms with Crippen LogP contribution in [-0.2, 0) is 10.3 Å². The average Bonchev–Trinajstić information content (AvgIpc) is 3.09. The molecule has 4 amide bonds. The van der Waals surface area contributed by atoms with Gasteiger partial charge in [-0.2, -0.15) is 0 Å². The van der Waals surface area contributed by atoms with E-state index in [0.29, 0.717) is 16.1 Å². The fraction of sp³-hybridized carbons (Fsp3) is 0.133. The molecule has 1 fully saturated rings. The van der Waals surface area contributed by atoms with Gasteiger partial charge < -0.3 is 10.6 Å². The Hall–Kier alpha value is -2.67. The van der Waals surface area contributed by atoms with Crippen LogP contribution < -0.4 is 16.0 Å². The third-order valence-electron chi connectivity index (χ3n) is 3.49. The highest BCUT2D eigenvalue weighted by atomic mass is 32.1. The van der Waals surface area contributed by atoms with Gasteiger partial charge in [0.15, 0.2) is 0 Å². The second-order valence-corrected chi connectivity index (χ2v) is 5.99. The molecule has 1 aliphatic rings. The van der Waals surface area contributed by atoms with Crippen molar-refractivity contribution in [1.82, 2.24) is 10.6 Å². The number of hydrogen-bond donors (Lipinski definition) is 3. The summed E-state index contributed by atoms with van der Waals surface area (Å²) < 4.78 is 0. The Labute approximate surface area is 130 Å². The van der Waals surface area contributed by atoms with Crippen molar-refractivity contribution < 1.29 is 14.4 Å². The molecular weight excluding hydrogens is 302 g/mol. The van der Waals surface area contributed by atoms with Gasteiger partial charge in [-0.05, 0) is 36.1 Å². The molecule has 3 rings (SSSR count). The predicted octanol–water partition coefficient (Wildman–Crippen LogP) is 2.05. The van der Waals surface area contributed by atoms with Gasteiger partial charge in [0.25, 0.3) is 11.8 Å². The number of anilines is 1. The fourth-order valence-electron chi connectivity index (χ4n) is 2.25. The molecule has 0 unspecified atom stereocenters. The van der Waals surface area contributed by atoms with Crippen molar-refractivity contribution in [3.05, 3.63) is 52.2 Å². The smallest absolute Gasteiger partial charge is 0.321 e. The molecule has 1 aliphatic heterocycles. The first-order valence-electron chi connectivity index (χ1n) is 6.58. The van der Waals surface area contributed by atoms with Crippen LogP contribution in [0.1, 0.15) is 22.2 Å². The molecule has 0 saturated carbocycles. The summed E-state index contributed by atoms with van der Waals surface area (Å²) in [6, 6.07) is 9.86. The zero-order chi connectivity index (χ0) is 15.7. The average molecular weight is 315 g/mol. The summed E-state index contributed by atoms with van der Waals surface area (Å²) in [5.74, 6) is -0.628. The highest BCUT2D eigenvalue weighted by Gasteiger charge is 2.43. The van der Waals surface area contributed by atoms with Gasteiger partial charge in [0.1, 0.15) is 5.54 Å². The second kappa shape index (κ2) is 5.27. The van der Waals surface area contributed by atoms with Crippen molar-refractivity contribution in [2.24, 2.45) is 0 Å². The Kier molecular flexibility index (Phi) is 3.42. The SMILES string of the molecule is C[C@]1(c2cccc(NC(=O)c3cccs3)c2)NC(=O)NC1=O. The van der Waals surface area contributed by atoms with Crippen LogP contribution in [0, 0.1) is 0 Å². The second-order valence-electron chi connectivity index (χ2n) is 5.05. The first-order valence-corrected chi connectivity index (χ1v) is 7.46. The van der Waals surface area contributed by atoms with E-state index >= 15 is 0 Å². The van der Waals surface area contributed by atoms with E-state index < -0.39 is 17.5 Å². The summed E-state index contributed by atoms with van der Waals surface area (Å²) in [4.78, 5) is 36.0. The lowest BCUT2D eigenvalue weighted by Gasteiger charge is -2.21. The minimum atomic E-state index is -1.14. The summed E-state index contributed by atoms with van der Waals surface area (Å²) >= 11 is 1.35. The van der Waals surface area contributed by atoms with Crippen molar-refractivity contribution in [1.29, 1.82) is 0 Å². The van der Waals surface area contributed by atoms with Crippen molar-refractivity contribution in [3.63, 3.8) is 0 Å². The minimum absolute atomic E-state index is 0.211. The Balaban J connectivity index is 1.86. The first-order chi connectivity index (χ1) is 10.5. The van der Waals surface area contributed by atoms with E-state index in [9.17, 15) is 14.4 Å². The van der Waals surface area contributed by atoms with Gasteiger partial charge in [-0.25, -0.2) is 4.79 Å². The van der Waals surface area contributed by atoms with E-state index in [0.717, 1.165) is 0 Å². The van der Waals surface area contributed by atoms with Crippen LogP contribution in [0.2, 0.25) is 0 Å². The van der Waals surface area contributed by atoms with Crippen molar-refractivity contribution in [2.75, 3.05) is 5.32 Å². The standard InChI is InChI=1S/C15H13N3O3S/c1-15(13(20)17-14(21)18-15)9-4-2-5-10(8-9)16-12(19)11-6-3-7-22-11/h2-8H,1H3,(H,16,19)(H2,17,18,20,21)/t15-/m1/s1. The fourth-order valence-corrected chi connectivity index (χ4v) is 2.87. The number of carbonyl (C=O) groups excluding carboxylic acids is 3. The maximum Gasteiger partial charge on any atom is 0.322 e. The zero-order valence-corrected chi connectivity index (χ0v) is 12.5. The van der Waals surface area contributed by atoms with Gasteiger partial charge >= 0.3 is 6.03 Å². The number of thiophene rings is 1. The number of nitrogens with one attached hydrogen (secondary N) is 3. The summed E-state index contributed by atoms with van der Waals surface area (Å²) in [5, 5.41) is 9.41. The van der Waals surface area contributed by atoms with Gasteiger partial charge in [-0.1, -0.05) is 18.2 Å². The highest BCUT2D eigenvalue weighted by molar-refractivity contribution is 7.12. The lowest BCUT2D eigenvalue weighted by atomic mass is 9.92. The van der Waals surface area contributed by atoms with E-state index in [4.69, 9.17) is 0 Å². The monoisotopic (exact) mass is 315 g/mol. The zero-order valence-electron chi connectivity index (χ0n) is 11.7. The molecule has 1 aromatic carbocycles. The number of hydrogen-bond acceptors (Lipinski definition) is 4. The van der Waals surface area contributed by atoms with Gasteiger partial charge in [0.05, 0.1) is 4.88 Å². The predicted molar refractivity (Wildman–Crippen MR) is 82.7 cm³/mol. The lowest BCUT2D eigenvalue weighted by molar-refractivity contribution is -0.123. The third-order valence-corrected chi connectivity index (χ3v) is 4.36. The van der Waals surface area contributed by atoms with Gasteiger partial charge in [-0.15, -0.1) is 11.3 Å². The van der Waals surface area contributed by atoms with Crippen LogP contribution in [0.5, 0.6) is 0 Å². The first kappa shape index (κ1) is 14.3. The molecule has 0 spiro atoms. The van der Waals surface area contributed by atoms with Crippen LogP contribution in [-0.4, -0.2) is 17.8 Å². The minimum Gasteiger partial charge on any atom is -0.321 e. The summed E-state index contributed by atoms with van der Waals surface area (Å²) in [7, 11) is 0. The number of benzene rings is 1. The third kappa shape index (κ3) is 2.46. The molecule has 0 aliphatic carbocycles. The molecule has 0 bridgehead atoms. The van der Waals surface area contributed by atoms with E-state index in [1.165, 1.54) is 11.3 Å². The van der Waals surface area contributed by atoms with Crippen molar-refractivity contribution in [2.45, 2.75) is 12.5 Å². The topological polar surface area (TPSA) is 87.3 Å². The van der Waals surface area contributed by atoms with Crippen LogP contribution in [0.3, 0.4) is 0 Å². The molecule has 1 aromatic heterocycles. The summed E-state index contributed by atoms with van der Waals surface area (Å²) in [6.07, 6.45) is 0. The molecule has 1 atom stereocenters. The molecule has 2 aromatic rings. The van der Waals surface area contributed by atoms with E-state index in [1.54, 1.807) is 43.3 Å². The van der Waals surface area contributed by atoms with Crippen LogP contribution in [0.25, 0.3) is 0 Å². The molecule has 112 valence electrons. The Morgan fingerprint density at radius 3 is 2.68 bits per heavy atom. The van der Waals surface area contributed by atoms with Gasteiger partial charge in [0.2, 0.25) is 0 Å². The molecule has 1 saturated heterocycles. The van der Waals surface area contributed by atoms with Crippen LogP contribution in [0.4, 0.5) is 10.5 Å². The molecule has 2 heterocycles. The molecule has 3 N–H and O–H groups in total. The molecule has 6 nitrogen and oxygen atoms in total. The maximum absolute atomic E-state index is 12.1. The number of carbonyl (C=O) groups is 3. The van der Waals surface area contributed by atoms with Gasteiger partial charge in [-0.3, -0.25) is 14.9 Å². The normalized spacial score (nSPS) is 20.4. The van der Waals surface area contributed by atoms with E-state index in [1.807, 2.05) is 5.38 Å². The van der Waals surface area contributed by atoms with E-state index in [-0.39, 0.29) is 5.91 Å². The quantitative estimate of drug-likeness (QED) is 0.758. The van der Waals surface area contributed by atoms with Crippen molar-refractivity contribution >= 4 is 34.9 Å². The number of amides is 4. The molecule has 0 radical (unpaired) electrons. The Bertz CT molecular complexity index is 757. The lowest BCUT2D eigenvalue weighted by Crippen LogP contribution is -2.40. The summed E-state index contributed by atoms with van der Waals surface area (Å²) in [5.41, 5.74) is 0.0201. The summed E-state index contributed by atoms with van der Waals surface area (Å²) in [6.45, 7) is 1.62. The molecule has 7 heteroatoms. The molecule has 22 heavy (non-hydrogen) atoms. The highest BCUT2D eigenvalue weighted by Crippen LogP contribution is 2.26. The number of rotatable bonds is 3. The Morgan fingerprint density at radius 1 is 1.23 bits per heavy atom. The number of imide groups is 1.